The second kappa shape index (κ2) is 16.8. The van der Waals surface area contributed by atoms with E-state index in [1.165, 1.54) is 27.4 Å². The van der Waals surface area contributed by atoms with E-state index in [0.29, 0.717) is 73.3 Å². The summed E-state index contributed by atoms with van der Waals surface area (Å²) in [6, 6.07) is 14.4. The summed E-state index contributed by atoms with van der Waals surface area (Å²) in [5.74, 6) is -1.17. The Morgan fingerprint density at radius 2 is 1.63 bits per heavy atom. The number of imidazole rings is 1. The normalized spacial score (nSPS) is 15.3. The van der Waals surface area contributed by atoms with E-state index in [1.54, 1.807) is 30.1 Å². The van der Waals surface area contributed by atoms with Crippen LogP contribution in [0.25, 0.3) is 11.0 Å². The number of hydrogen-bond acceptors (Lipinski definition) is 8. The third-order valence-electron chi connectivity index (χ3n) is 9.35. The summed E-state index contributed by atoms with van der Waals surface area (Å²) in [7, 11) is 6.07. The Kier molecular flexibility index (Phi) is 12.5. The zero-order chi connectivity index (χ0) is 37.6. The molecule has 282 valence electrons. The molecule has 0 radical (unpaired) electrons. The average molecular weight is 734 g/mol. The fourth-order valence-electron chi connectivity index (χ4n) is 6.93. The van der Waals surface area contributed by atoms with E-state index in [2.05, 4.69) is 9.80 Å². The van der Waals surface area contributed by atoms with Crippen molar-refractivity contribution in [3.8, 4) is 17.2 Å². The van der Waals surface area contributed by atoms with Gasteiger partial charge in [-0.25, -0.2) is 13.8 Å². The lowest BCUT2D eigenvalue weighted by Crippen LogP contribution is -2.53. The van der Waals surface area contributed by atoms with Crippen LogP contribution in [0.2, 0.25) is 0 Å². The molecule has 52 heavy (non-hydrogen) atoms. The van der Waals surface area contributed by atoms with Gasteiger partial charge >= 0.3 is 6.18 Å². The van der Waals surface area contributed by atoms with Crippen molar-refractivity contribution >= 4 is 22.9 Å². The van der Waals surface area contributed by atoms with Gasteiger partial charge in [0.25, 0.3) is 5.91 Å². The third-order valence-corrected chi connectivity index (χ3v) is 9.35. The smallest absolute Gasteiger partial charge is 0.411 e. The van der Waals surface area contributed by atoms with Gasteiger partial charge in [-0.05, 0) is 54.8 Å². The van der Waals surface area contributed by atoms with Crippen LogP contribution in [0.1, 0.15) is 41.6 Å². The number of carbonyl (C=O) groups excluding carboxylic acids is 1. The molecule has 1 aromatic heterocycles. The highest BCUT2D eigenvalue weighted by Gasteiger charge is 2.36. The first-order valence-corrected chi connectivity index (χ1v) is 17.0. The quantitative estimate of drug-likeness (QED) is 0.104. The van der Waals surface area contributed by atoms with Gasteiger partial charge in [0.1, 0.15) is 6.61 Å². The molecule has 2 unspecified atom stereocenters. The van der Waals surface area contributed by atoms with E-state index in [0.717, 1.165) is 11.6 Å². The predicted molar refractivity (Wildman–Crippen MR) is 186 cm³/mol. The molecule has 1 aliphatic heterocycles. The van der Waals surface area contributed by atoms with Crippen LogP contribution in [0, 0.1) is 11.6 Å². The highest BCUT2D eigenvalue weighted by atomic mass is 19.4. The zero-order valence-corrected chi connectivity index (χ0v) is 29.9. The predicted octanol–water partition coefficient (Wildman–Crippen LogP) is 6.72. The number of likely N-dealkylation sites (N-methyl/N-ethyl adjacent to an activating group) is 1. The molecular formula is C37H44F5N5O5. The molecule has 1 amide bonds. The molecule has 2 heterocycles. The Bertz CT molecular complexity index is 1810. The summed E-state index contributed by atoms with van der Waals surface area (Å²) in [5, 5.41) is 0. The summed E-state index contributed by atoms with van der Waals surface area (Å²) in [4.78, 5) is 25.1. The highest BCUT2D eigenvalue weighted by Crippen LogP contribution is 2.39. The molecule has 0 N–H and O–H groups in total. The average Bonchev–Trinajstić information content (AvgIpc) is 3.32. The fourth-order valence-corrected chi connectivity index (χ4v) is 6.93. The minimum atomic E-state index is -4.43. The molecule has 0 saturated carbocycles. The molecule has 2 atom stereocenters. The number of halogens is 5. The second-order valence-corrected chi connectivity index (χ2v) is 12.5. The van der Waals surface area contributed by atoms with Crippen LogP contribution >= 0.6 is 0 Å². The Morgan fingerprint density at radius 1 is 0.923 bits per heavy atom. The second-order valence-electron chi connectivity index (χ2n) is 12.5. The first kappa shape index (κ1) is 38.6. The van der Waals surface area contributed by atoms with Gasteiger partial charge < -0.3 is 33.3 Å². The van der Waals surface area contributed by atoms with E-state index in [9.17, 15) is 26.7 Å². The van der Waals surface area contributed by atoms with E-state index in [1.807, 2.05) is 35.8 Å². The molecular weight excluding hydrogens is 689 g/mol. The van der Waals surface area contributed by atoms with Crippen LogP contribution in [-0.2, 0) is 11.3 Å². The number of aromatic nitrogens is 2. The molecule has 5 rings (SSSR count). The van der Waals surface area contributed by atoms with Crippen molar-refractivity contribution in [2.75, 3.05) is 72.7 Å². The highest BCUT2D eigenvalue weighted by molar-refractivity contribution is 5.95. The number of rotatable bonds is 14. The molecule has 0 bridgehead atoms. The monoisotopic (exact) mass is 733 g/mol. The number of fused-ring (bicyclic) bond motifs is 1. The van der Waals surface area contributed by atoms with Gasteiger partial charge in [-0.2, -0.15) is 13.2 Å². The molecule has 15 heteroatoms. The Morgan fingerprint density at radius 3 is 2.27 bits per heavy atom. The lowest BCUT2D eigenvalue weighted by Gasteiger charge is -2.42. The first-order valence-electron chi connectivity index (χ1n) is 17.0. The Balaban J connectivity index is 1.48. The summed E-state index contributed by atoms with van der Waals surface area (Å²) in [5.41, 5.74) is 2.29. The number of ether oxygens (including phenoxy) is 4. The lowest BCUT2D eigenvalue weighted by atomic mass is 9.91. The first-order chi connectivity index (χ1) is 24.9. The van der Waals surface area contributed by atoms with Gasteiger partial charge in [0.05, 0.1) is 45.1 Å². The number of alkyl halides is 3. The molecule has 0 aliphatic carbocycles. The molecule has 0 spiro atoms. The van der Waals surface area contributed by atoms with E-state index >= 15 is 0 Å². The SMILES string of the molecule is CCC(c1ccc(F)c(F)c1)C(N1CCCN(c2nc3ccccc3n2CCOCC(F)(F)F)CC1)N(C)C(=O)c1cc(OC)c(OC)c(OC)c1. The van der Waals surface area contributed by atoms with Crippen molar-refractivity contribution in [3.05, 3.63) is 77.4 Å². The number of nitrogens with zero attached hydrogens (tertiary/aromatic N) is 5. The third kappa shape index (κ3) is 8.52. The Hall–Kier alpha value is -4.63. The number of carbonyl (C=O) groups is 1. The maximum absolute atomic E-state index is 14.7. The number of amides is 1. The van der Waals surface area contributed by atoms with Crippen molar-refractivity contribution in [2.24, 2.45) is 0 Å². The van der Waals surface area contributed by atoms with E-state index in [-0.39, 0.29) is 24.6 Å². The summed E-state index contributed by atoms with van der Waals surface area (Å²) >= 11 is 0. The molecule has 1 saturated heterocycles. The van der Waals surface area contributed by atoms with Crippen LogP contribution in [0.5, 0.6) is 17.2 Å². The summed E-state index contributed by atoms with van der Waals surface area (Å²) in [6.07, 6.45) is -3.89. The van der Waals surface area contributed by atoms with Gasteiger partial charge in [-0.15, -0.1) is 0 Å². The zero-order valence-electron chi connectivity index (χ0n) is 29.9. The van der Waals surface area contributed by atoms with Crippen LogP contribution in [0.3, 0.4) is 0 Å². The van der Waals surface area contributed by atoms with Crippen molar-refractivity contribution in [1.29, 1.82) is 0 Å². The maximum Gasteiger partial charge on any atom is 0.411 e. The summed E-state index contributed by atoms with van der Waals surface area (Å²) in [6.45, 7) is 2.63. The minimum Gasteiger partial charge on any atom is -0.493 e. The van der Waals surface area contributed by atoms with Crippen LogP contribution < -0.4 is 19.1 Å². The molecule has 1 fully saturated rings. The van der Waals surface area contributed by atoms with Crippen LogP contribution in [0.4, 0.5) is 27.9 Å². The van der Waals surface area contributed by atoms with Gasteiger partial charge in [0.2, 0.25) is 11.7 Å². The van der Waals surface area contributed by atoms with Crippen LogP contribution in [-0.4, -0.2) is 105 Å². The number of anilines is 1. The summed E-state index contributed by atoms with van der Waals surface area (Å²) < 4.78 is 90.4. The van der Waals surface area contributed by atoms with Gasteiger partial charge in [0, 0.05) is 51.3 Å². The molecule has 1 aliphatic rings. The van der Waals surface area contributed by atoms with Crippen molar-refractivity contribution < 1.29 is 45.7 Å². The largest absolute Gasteiger partial charge is 0.493 e. The Labute approximate surface area is 299 Å². The topological polar surface area (TPSA) is 81.5 Å². The van der Waals surface area contributed by atoms with E-state index in [4.69, 9.17) is 23.9 Å². The minimum absolute atomic E-state index is 0.158. The lowest BCUT2D eigenvalue weighted by molar-refractivity contribution is -0.174. The molecule has 3 aromatic carbocycles. The maximum atomic E-state index is 14.7. The van der Waals surface area contributed by atoms with Crippen molar-refractivity contribution in [2.45, 2.75) is 44.6 Å². The van der Waals surface area contributed by atoms with Crippen LogP contribution in [0.15, 0.2) is 54.6 Å². The number of hydrogen-bond donors (Lipinski definition) is 0. The molecule has 4 aromatic rings. The van der Waals surface area contributed by atoms with E-state index < -0.39 is 36.5 Å². The standard InChI is InChI=1S/C37H44F5N5O5/c1-6-26(24-12-13-27(38)28(39)20-24)34(44(2)35(48)25-21-31(49-3)33(51-5)32(22-25)50-4)45-14-9-15-46(17-16-45)36-43-29-10-7-8-11-30(29)47(36)18-19-52-23-37(40,41)42/h7-8,10-13,20-22,26,34H,6,9,14-19,23H2,1-5H3. The fraction of sp³-hybridized carbons (Fsp3) is 0.459. The van der Waals surface area contributed by atoms with Crippen molar-refractivity contribution in [3.63, 3.8) is 0 Å². The van der Waals surface area contributed by atoms with Gasteiger partial charge in [-0.3, -0.25) is 9.69 Å². The van der Waals surface area contributed by atoms with Gasteiger partial charge in [0.15, 0.2) is 23.1 Å². The molecule has 10 nitrogen and oxygen atoms in total. The number of methoxy groups -OCH3 is 3. The number of benzene rings is 3. The van der Waals surface area contributed by atoms with Gasteiger partial charge in [-0.1, -0.05) is 25.1 Å². The van der Waals surface area contributed by atoms with Crippen molar-refractivity contribution in [1.82, 2.24) is 19.4 Å². The number of para-hydroxylation sites is 2.